The lowest BCUT2D eigenvalue weighted by molar-refractivity contribution is -0.383. The van der Waals surface area contributed by atoms with Gasteiger partial charge in [0.1, 0.15) is 5.76 Å². The molecule has 0 aliphatic heterocycles. The predicted octanol–water partition coefficient (Wildman–Crippen LogP) is 3.68. The largest absolute Gasteiger partial charge is 0.454 e. The van der Waals surface area contributed by atoms with Gasteiger partial charge in [0.15, 0.2) is 0 Å². The van der Waals surface area contributed by atoms with Crippen molar-refractivity contribution in [3.63, 3.8) is 0 Å². The third kappa shape index (κ3) is 1.91. The molecule has 4 heteroatoms. The first-order chi connectivity index (χ1) is 7.72. The SMILES string of the molecule is CCCCc1cc2cccc([N+](=O)[O-])c2o1. The maximum Gasteiger partial charge on any atom is 0.312 e. The molecule has 0 unspecified atom stereocenters. The van der Waals surface area contributed by atoms with Gasteiger partial charge in [-0.15, -0.1) is 0 Å². The van der Waals surface area contributed by atoms with E-state index in [9.17, 15) is 10.1 Å². The Bertz CT molecular complexity index is 516. The smallest absolute Gasteiger partial charge is 0.312 e. The van der Waals surface area contributed by atoms with E-state index >= 15 is 0 Å². The topological polar surface area (TPSA) is 56.3 Å². The maximum absolute atomic E-state index is 10.8. The molecule has 1 heterocycles. The van der Waals surface area contributed by atoms with Crippen LogP contribution in [0, 0.1) is 10.1 Å². The fourth-order valence-corrected chi connectivity index (χ4v) is 1.72. The molecule has 0 N–H and O–H groups in total. The van der Waals surface area contributed by atoms with Gasteiger partial charge in [0.05, 0.1) is 4.92 Å². The van der Waals surface area contributed by atoms with Crippen molar-refractivity contribution in [3.05, 3.63) is 40.1 Å². The van der Waals surface area contributed by atoms with E-state index in [4.69, 9.17) is 4.42 Å². The number of furan rings is 1. The molecule has 4 nitrogen and oxygen atoms in total. The number of aryl methyl sites for hydroxylation is 1. The minimum Gasteiger partial charge on any atom is -0.454 e. The molecule has 0 aliphatic carbocycles. The van der Waals surface area contributed by atoms with Gasteiger partial charge in [0.25, 0.3) is 0 Å². The lowest BCUT2D eigenvalue weighted by Gasteiger charge is -1.92. The first kappa shape index (κ1) is 10.7. The van der Waals surface area contributed by atoms with Crippen LogP contribution in [0.2, 0.25) is 0 Å². The van der Waals surface area contributed by atoms with Crippen molar-refractivity contribution in [1.29, 1.82) is 0 Å². The highest BCUT2D eigenvalue weighted by Gasteiger charge is 2.15. The van der Waals surface area contributed by atoms with Crippen LogP contribution in [-0.2, 0) is 6.42 Å². The summed E-state index contributed by atoms with van der Waals surface area (Å²) in [5.41, 5.74) is 0.429. The molecule has 2 rings (SSSR count). The van der Waals surface area contributed by atoms with E-state index in [0.29, 0.717) is 5.58 Å². The molecular weight excluding hydrogens is 206 g/mol. The fourth-order valence-electron chi connectivity index (χ4n) is 1.72. The Hall–Kier alpha value is -1.84. The normalized spacial score (nSPS) is 10.8. The number of nitro benzene ring substituents is 1. The van der Waals surface area contributed by atoms with Crippen molar-refractivity contribution >= 4 is 16.7 Å². The highest BCUT2D eigenvalue weighted by molar-refractivity contribution is 5.86. The summed E-state index contributed by atoms with van der Waals surface area (Å²) in [4.78, 5) is 10.4. The number of para-hydroxylation sites is 1. The van der Waals surface area contributed by atoms with Crippen LogP contribution in [0.15, 0.2) is 28.7 Å². The van der Waals surface area contributed by atoms with Gasteiger partial charge >= 0.3 is 5.69 Å². The number of fused-ring (bicyclic) bond motifs is 1. The molecule has 0 fully saturated rings. The molecule has 0 saturated heterocycles. The predicted molar refractivity (Wildman–Crippen MR) is 61.5 cm³/mol. The van der Waals surface area contributed by atoms with Gasteiger partial charge in [-0.25, -0.2) is 0 Å². The van der Waals surface area contributed by atoms with Crippen LogP contribution in [-0.4, -0.2) is 4.92 Å². The van der Waals surface area contributed by atoms with Gasteiger partial charge < -0.3 is 4.42 Å². The first-order valence-corrected chi connectivity index (χ1v) is 5.38. The summed E-state index contributed by atoms with van der Waals surface area (Å²) in [5.74, 6) is 0.825. The van der Waals surface area contributed by atoms with Gasteiger partial charge in [-0.2, -0.15) is 0 Å². The standard InChI is InChI=1S/C12H13NO3/c1-2-3-6-10-8-9-5-4-7-11(13(14)15)12(9)16-10/h4-5,7-8H,2-3,6H2,1H3. The van der Waals surface area contributed by atoms with E-state index < -0.39 is 4.92 Å². The lowest BCUT2D eigenvalue weighted by atomic mass is 10.2. The summed E-state index contributed by atoms with van der Waals surface area (Å²) in [6, 6.07) is 6.87. The number of nitro groups is 1. The molecule has 0 amide bonds. The van der Waals surface area contributed by atoms with Crippen molar-refractivity contribution in [2.75, 3.05) is 0 Å². The zero-order valence-corrected chi connectivity index (χ0v) is 9.10. The summed E-state index contributed by atoms with van der Waals surface area (Å²) in [6.07, 6.45) is 2.95. The number of rotatable bonds is 4. The van der Waals surface area contributed by atoms with Crippen LogP contribution in [0.25, 0.3) is 11.0 Å². The van der Waals surface area contributed by atoms with E-state index in [-0.39, 0.29) is 5.69 Å². The number of benzene rings is 1. The monoisotopic (exact) mass is 219 g/mol. The summed E-state index contributed by atoms with van der Waals surface area (Å²) in [7, 11) is 0. The van der Waals surface area contributed by atoms with Gasteiger partial charge in [0.2, 0.25) is 5.58 Å². The van der Waals surface area contributed by atoms with Crippen LogP contribution in [0.5, 0.6) is 0 Å². The Morgan fingerprint density at radius 3 is 2.94 bits per heavy atom. The van der Waals surface area contributed by atoms with Crippen LogP contribution in [0.3, 0.4) is 0 Å². The van der Waals surface area contributed by atoms with E-state index in [1.165, 1.54) is 6.07 Å². The first-order valence-electron chi connectivity index (χ1n) is 5.38. The average molecular weight is 219 g/mol. The molecule has 1 aromatic carbocycles. The number of hydrogen-bond donors (Lipinski definition) is 0. The van der Waals surface area contributed by atoms with E-state index in [2.05, 4.69) is 6.92 Å². The Labute approximate surface area is 93.0 Å². The van der Waals surface area contributed by atoms with E-state index in [1.807, 2.05) is 12.1 Å². The Balaban J connectivity index is 2.44. The highest BCUT2D eigenvalue weighted by atomic mass is 16.6. The van der Waals surface area contributed by atoms with E-state index in [1.54, 1.807) is 6.07 Å². The van der Waals surface area contributed by atoms with Crippen molar-refractivity contribution < 1.29 is 9.34 Å². The molecule has 0 radical (unpaired) electrons. The second kappa shape index (κ2) is 4.35. The third-order valence-electron chi connectivity index (χ3n) is 2.55. The molecule has 16 heavy (non-hydrogen) atoms. The van der Waals surface area contributed by atoms with E-state index in [0.717, 1.165) is 30.4 Å². The minimum atomic E-state index is -0.407. The van der Waals surface area contributed by atoms with Crippen LogP contribution < -0.4 is 0 Å². The summed E-state index contributed by atoms with van der Waals surface area (Å²) < 4.78 is 5.52. The zero-order valence-electron chi connectivity index (χ0n) is 9.10. The van der Waals surface area contributed by atoms with Gasteiger partial charge in [-0.05, 0) is 12.5 Å². The summed E-state index contributed by atoms with van der Waals surface area (Å²) in [6.45, 7) is 2.10. The quantitative estimate of drug-likeness (QED) is 0.582. The van der Waals surface area contributed by atoms with Gasteiger partial charge in [-0.3, -0.25) is 10.1 Å². The lowest BCUT2D eigenvalue weighted by Crippen LogP contribution is -1.87. The highest BCUT2D eigenvalue weighted by Crippen LogP contribution is 2.28. The number of hydrogen-bond acceptors (Lipinski definition) is 3. The molecule has 1 aromatic heterocycles. The fraction of sp³-hybridized carbons (Fsp3) is 0.333. The minimum absolute atomic E-state index is 0.0419. The molecule has 84 valence electrons. The van der Waals surface area contributed by atoms with Gasteiger partial charge in [-0.1, -0.05) is 25.5 Å². The number of unbranched alkanes of at least 4 members (excludes halogenated alkanes) is 1. The average Bonchev–Trinajstić information content (AvgIpc) is 2.68. The van der Waals surface area contributed by atoms with Crippen LogP contribution >= 0.6 is 0 Å². The van der Waals surface area contributed by atoms with Crippen molar-refractivity contribution in [2.24, 2.45) is 0 Å². The summed E-state index contributed by atoms with van der Waals surface area (Å²) in [5, 5.41) is 11.6. The second-order valence-corrected chi connectivity index (χ2v) is 3.77. The molecular formula is C12H13NO3. The van der Waals surface area contributed by atoms with Crippen LogP contribution in [0.1, 0.15) is 25.5 Å². The Morgan fingerprint density at radius 1 is 1.44 bits per heavy atom. The molecule has 2 aromatic rings. The molecule has 0 atom stereocenters. The zero-order chi connectivity index (χ0) is 11.5. The molecule has 0 saturated carbocycles. The number of non-ortho nitro benzene ring substituents is 1. The second-order valence-electron chi connectivity index (χ2n) is 3.77. The molecule has 0 aliphatic rings. The molecule has 0 spiro atoms. The van der Waals surface area contributed by atoms with Crippen molar-refractivity contribution in [1.82, 2.24) is 0 Å². The van der Waals surface area contributed by atoms with Crippen molar-refractivity contribution in [2.45, 2.75) is 26.2 Å². The Kier molecular flexibility index (Phi) is 2.90. The van der Waals surface area contributed by atoms with Crippen molar-refractivity contribution in [3.8, 4) is 0 Å². The molecule has 0 bridgehead atoms. The third-order valence-corrected chi connectivity index (χ3v) is 2.55. The number of nitrogens with zero attached hydrogens (tertiary/aromatic N) is 1. The maximum atomic E-state index is 10.8. The van der Waals surface area contributed by atoms with Crippen LogP contribution in [0.4, 0.5) is 5.69 Å². The Morgan fingerprint density at radius 2 is 2.25 bits per heavy atom. The van der Waals surface area contributed by atoms with Gasteiger partial charge in [0, 0.05) is 17.9 Å². The summed E-state index contributed by atoms with van der Waals surface area (Å²) >= 11 is 0.